The number of hydrogen-bond acceptors (Lipinski definition) is 2. The largest absolute Gasteiger partial charge is 0.497 e. The molecule has 0 saturated carbocycles. The van der Waals surface area contributed by atoms with Gasteiger partial charge in [-0.2, -0.15) is 0 Å². The Morgan fingerprint density at radius 3 is 2.70 bits per heavy atom. The maximum atomic E-state index is 10.6. The lowest BCUT2D eigenvalue weighted by molar-refractivity contribution is 0.0935. The van der Waals surface area contributed by atoms with E-state index in [1.165, 1.54) is 11.1 Å². The van der Waals surface area contributed by atoms with E-state index in [-0.39, 0.29) is 6.10 Å². The topological polar surface area (TPSA) is 29.5 Å². The molecule has 0 spiro atoms. The molecule has 2 heteroatoms. The van der Waals surface area contributed by atoms with Crippen molar-refractivity contribution in [2.75, 3.05) is 7.11 Å². The summed E-state index contributed by atoms with van der Waals surface area (Å²) in [6.45, 7) is 0. The fourth-order valence-electron chi connectivity index (χ4n) is 3.10. The Kier molecular flexibility index (Phi) is 3.75. The lowest BCUT2D eigenvalue weighted by Gasteiger charge is -2.30. The SMILES string of the molecule is COc1ccc2c(c1)CCC(Cc1ccccc1)C2O. The standard InChI is InChI=1S/C18H20O2/c1-20-16-9-10-17-14(12-16)7-8-15(18(17)19)11-13-5-3-2-4-6-13/h2-6,9-10,12,15,18-19H,7-8,11H2,1H3. The lowest BCUT2D eigenvalue weighted by atomic mass is 9.78. The molecule has 20 heavy (non-hydrogen) atoms. The van der Waals surface area contributed by atoms with E-state index in [0.717, 1.165) is 30.6 Å². The molecule has 0 aromatic heterocycles. The molecule has 2 nitrogen and oxygen atoms in total. The second kappa shape index (κ2) is 5.68. The van der Waals surface area contributed by atoms with Crippen LogP contribution < -0.4 is 4.74 Å². The van der Waals surface area contributed by atoms with Gasteiger partial charge in [0.1, 0.15) is 5.75 Å². The fourth-order valence-corrected chi connectivity index (χ4v) is 3.10. The number of fused-ring (bicyclic) bond motifs is 1. The molecule has 0 radical (unpaired) electrons. The summed E-state index contributed by atoms with van der Waals surface area (Å²) < 4.78 is 5.26. The number of hydrogen-bond donors (Lipinski definition) is 1. The molecule has 0 heterocycles. The van der Waals surface area contributed by atoms with Gasteiger partial charge in [-0.05, 0) is 54.0 Å². The van der Waals surface area contributed by atoms with Crippen LogP contribution in [0.4, 0.5) is 0 Å². The highest BCUT2D eigenvalue weighted by Gasteiger charge is 2.28. The third-order valence-corrected chi connectivity index (χ3v) is 4.24. The molecular weight excluding hydrogens is 248 g/mol. The van der Waals surface area contributed by atoms with Gasteiger partial charge < -0.3 is 9.84 Å². The highest BCUT2D eigenvalue weighted by atomic mass is 16.5. The Morgan fingerprint density at radius 2 is 1.95 bits per heavy atom. The van der Waals surface area contributed by atoms with Crippen LogP contribution in [-0.2, 0) is 12.8 Å². The summed E-state index contributed by atoms with van der Waals surface area (Å²) in [5.74, 6) is 1.18. The van der Waals surface area contributed by atoms with Crippen molar-refractivity contribution in [2.45, 2.75) is 25.4 Å². The molecule has 2 unspecified atom stereocenters. The van der Waals surface area contributed by atoms with Crippen molar-refractivity contribution in [2.24, 2.45) is 5.92 Å². The van der Waals surface area contributed by atoms with E-state index >= 15 is 0 Å². The van der Waals surface area contributed by atoms with E-state index in [0.29, 0.717) is 5.92 Å². The Balaban J connectivity index is 1.80. The molecule has 3 rings (SSSR count). The molecular formula is C18H20O2. The maximum absolute atomic E-state index is 10.6. The average Bonchev–Trinajstić information content (AvgIpc) is 2.51. The van der Waals surface area contributed by atoms with Crippen LogP contribution in [0.1, 0.15) is 29.2 Å². The van der Waals surface area contributed by atoms with E-state index in [1.807, 2.05) is 18.2 Å². The van der Waals surface area contributed by atoms with Crippen molar-refractivity contribution >= 4 is 0 Å². The lowest BCUT2D eigenvalue weighted by Crippen LogP contribution is -2.22. The summed E-state index contributed by atoms with van der Waals surface area (Å²) >= 11 is 0. The van der Waals surface area contributed by atoms with Gasteiger partial charge in [-0.15, -0.1) is 0 Å². The van der Waals surface area contributed by atoms with Gasteiger partial charge in [0, 0.05) is 0 Å². The third kappa shape index (κ3) is 2.56. The average molecular weight is 268 g/mol. The van der Waals surface area contributed by atoms with Gasteiger partial charge in [0.25, 0.3) is 0 Å². The van der Waals surface area contributed by atoms with Crippen molar-refractivity contribution in [3.63, 3.8) is 0 Å². The minimum atomic E-state index is -0.370. The molecule has 0 aliphatic heterocycles. The molecule has 0 bridgehead atoms. The van der Waals surface area contributed by atoms with Crippen LogP contribution in [-0.4, -0.2) is 12.2 Å². The molecule has 0 fully saturated rings. The van der Waals surface area contributed by atoms with E-state index in [9.17, 15) is 5.11 Å². The molecule has 1 aliphatic carbocycles. The quantitative estimate of drug-likeness (QED) is 0.922. The van der Waals surface area contributed by atoms with Crippen molar-refractivity contribution < 1.29 is 9.84 Å². The Labute approximate surface area is 120 Å². The minimum absolute atomic E-state index is 0.304. The number of benzene rings is 2. The number of aliphatic hydroxyl groups is 1. The molecule has 104 valence electrons. The van der Waals surface area contributed by atoms with Gasteiger partial charge in [-0.1, -0.05) is 36.4 Å². The molecule has 1 aliphatic rings. The van der Waals surface area contributed by atoms with Crippen LogP contribution in [0.3, 0.4) is 0 Å². The zero-order valence-electron chi connectivity index (χ0n) is 11.8. The fraction of sp³-hybridized carbons (Fsp3) is 0.333. The van der Waals surface area contributed by atoms with Crippen LogP contribution in [0.5, 0.6) is 5.75 Å². The summed E-state index contributed by atoms with van der Waals surface area (Å²) in [7, 11) is 1.68. The van der Waals surface area contributed by atoms with Crippen LogP contribution in [0.15, 0.2) is 48.5 Å². The zero-order chi connectivity index (χ0) is 13.9. The Morgan fingerprint density at radius 1 is 1.15 bits per heavy atom. The first-order chi connectivity index (χ1) is 9.78. The second-order valence-electron chi connectivity index (χ2n) is 5.50. The van der Waals surface area contributed by atoms with Crippen LogP contribution >= 0.6 is 0 Å². The van der Waals surface area contributed by atoms with Gasteiger partial charge in [0.05, 0.1) is 13.2 Å². The van der Waals surface area contributed by atoms with Gasteiger partial charge in [0.2, 0.25) is 0 Å². The van der Waals surface area contributed by atoms with Gasteiger partial charge in [0.15, 0.2) is 0 Å². The Bertz CT molecular complexity index is 577. The van der Waals surface area contributed by atoms with Crippen molar-refractivity contribution in [1.29, 1.82) is 0 Å². The summed E-state index contributed by atoms with van der Waals surface area (Å²) in [5.41, 5.74) is 3.59. The van der Waals surface area contributed by atoms with Crippen LogP contribution in [0, 0.1) is 5.92 Å². The predicted octanol–water partition coefficient (Wildman–Crippen LogP) is 3.53. The van der Waals surface area contributed by atoms with E-state index in [2.05, 4.69) is 30.3 Å². The highest BCUT2D eigenvalue weighted by Crippen LogP contribution is 2.37. The molecule has 1 N–H and O–H groups in total. The Hall–Kier alpha value is -1.80. The summed E-state index contributed by atoms with van der Waals surface area (Å²) in [6.07, 6.45) is 2.61. The summed E-state index contributed by atoms with van der Waals surface area (Å²) in [6, 6.07) is 16.4. The minimum Gasteiger partial charge on any atom is -0.497 e. The number of methoxy groups -OCH3 is 1. The number of aliphatic hydroxyl groups excluding tert-OH is 1. The van der Waals surface area contributed by atoms with Crippen molar-refractivity contribution in [1.82, 2.24) is 0 Å². The van der Waals surface area contributed by atoms with Crippen LogP contribution in [0.25, 0.3) is 0 Å². The third-order valence-electron chi connectivity index (χ3n) is 4.24. The number of ether oxygens (including phenoxy) is 1. The first-order valence-corrected chi connectivity index (χ1v) is 7.16. The van der Waals surface area contributed by atoms with Crippen molar-refractivity contribution in [3.05, 3.63) is 65.2 Å². The summed E-state index contributed by atoms with van der Waals surface area (Å²) in [4.78, 5) is 0. The molecule has 0 amide bonds. The summed E-state index contributed by atoms with van der Waals surface area (Å²) in [5, 5.41) is 10.6. The monoisotopic (exact) mass is 268 g/mol. The zero-order valence-corrected chi connectivity index (χ0v) is 11.8. The number of aryl methyl sites for hydroxylation is 1. The highest BCUT2D eigenvalue weighted by molar-refractivity contribution is 5.39. The predicted molar refractivity (Wildman–Crippen MR) is 79.9 cm³/mol. The molecule has 2 aromatic carbocycles. The molecule has 2 atom stereocenters. The smallest absolute Gasteiger partial charge is 0.119 e. The van der Waals surface area contributed by atoms with Gasteiger partial charge in [-0.25, -0.2) is 0 Å². The van der Waals surface area contributed by atoms with Crippen LogP contribution in [0.2, 0.25) is 0 Å². The molecule has 2 aromatic rings. The molecule has 0 saturated heterocycles. The van der Waals surface area contributed by atoms with Crippen molar-refractivity contribution in [3.8, 4) is 5.75 Å². The van der Waals surface area contributed by atoms with Gasteiger partial charge >= 0.3 is 0 Å². The van der Waals surface area contributed by atoms with E-state index in [4.69, 9.17) is 4.74 Å². The first kappa shape index (κ1) is 13.2. The second-order valence-corrected chi connectivity index (χ2v) is 5.50. The normalized spacial score (nSPS) is 21.3. The van der Waals surface area contributed by atoms with E-state index < -0.39 is 0 Å². The number of rotatable bonds is 3. The van der Waals surface area contributed by atoms with Gasteiger partial charge in [-0.3, -0.25) is 0 Å². The van der Waals surface area contributed by atoms with E-state index in [1.54, 1.807) is 7.11 Å². The maximum Gasteiger partial charge on any atom is 0.119 e. The first-order valence-electron chi connectivity index (χ1n) is 7.16.